The summed E-state index contributed by atoms with van der Waals surface area (Å²) in [5.74, 6) is 1.16. The molecule has 0 radical (unpaired) electrons. The molecule has 6 nitrogen and oxygen atoms in total. The molecule has 1 aromatic heterocycles. The summed E-state index contributed by atoms with van der Waals surface area (Å²) in [6, 6.07) is 3.60. The molecule has 2 saturated heterocycles. The van der Waals surface area contributed by atoms with E-state index in [1.807, 2.05) is 17.9 Å². The molecule has 0 saturated carbocycles. The average Bonchev–Trinajstić information content (AvgIpc) is 3.06. The van der Waals surface area contributed by atoms with Crippen LogP contribution in [0.4, 0.5) is 10.5 Å². The van der Waals surface area contributed by atoms with Gasteiger partial charge in [-0.15, -0.1) is 0 Å². The van der Waals surface area contributed by atoms with Crippen molar-refractivity contribution >= 4 is 11.7 Å². The molecule has 2 aliphatic heterocycles. The summed E-state index contributed by atoms with van der Waals surface area (Å²) < 4.78 is 5.10. The van der Waals surface area contributed by atoms with Gasteiger partial charge in [0.2, 0.25) is 5.88 Å². The van der Waals surface area contributed by atoms with Gasteiger partial charge in [0.05, 0.1) is 18.5 Å². The minimum absolute atomic E-state index is 0.0220. The Hall–Kier alpha value is -1.82. The quantitative estimate of drug-likeness (QED) is 0.921. The van der Waals surface area contributed by atoms with Crippen molar-refractivity contribution < 1.29 is 9.53 Å². The van der Waals surface area contributed by atoms with Crippen molar-refractivity contribution in [1.82, 2.24) is 14.8 Å². The molecule has 0 bridgehead atoms. The molecule has 0 aromatic carbocycles. The fourth-order valence-corrected chi connectivity index (χ4v) is 3.65. The molecular weight excluding hydrogens is 304 g/mol. The molecule has 0 aliphatic carbocycles. The van der Waals surface area contributed by atoms with Crippen LogP contribution in [0.3, 0.4) is 0 Å². The lowest BCUT2D eigenvalue weighted by Gasteiger charge is -2.29. The SMILES string of the molecule is COc1ccc(NC(=O)N2CCC(CN3CCCCC3)C2)c(C)n1. The second-order valence-electron chi connectivity index (χ2n) is 6.88. The summed E-state index contributed by atoms with van der Waals surface area (Å²) in [5.41, 5.74) is 1.52. The van der Waals surface area contributed by atoms with Crippen LogP contribution in [0.15, 0.2) is 12.1 Å². The number of aryl methyl sites for hydroxylation is 1. The van der Waals surface area contributed by atoms with Gasteiger partial charge in [-0.1, -0.05) is 6.42 Å². The maximum atomic E-state index is 12.5. The van der Waals surface area contributed by atoms with Gasteiger partial charge in [0, 0.05) is 25.7 Å². The average molecular weight is 332 g/mol. The monoisotopic (exact) mass is 332 g/mol. The number of hydrogen-bond donors (Lipinski definition) is 1. The van der Waals surface area contributed by atoms with E-state index in [9.17, 15) is 4.79 Å². The molecule has 1 aromatic rings. The number of nitrogens with one attached hydrogen (secondary N) is 1. The minimum atomic E-state index is -0.0220. The molecule has 2 aliphatic rings. The molecule has 3 heterocycles. The van der Waals surface area contributed by atoms with Crippen LogP contribution in [-0.4, -0.2) is 60.6 Å². The Labute approximate surface area is 144 Å². The van der Waals surface area contributed by atoms with Crippen molar-refractivity contribution in [2.24, 2.45) is 5.92 Å². The number of urea groups is 1. The zero-order chi connectivity index (χ0) is 16.9. The Bertz CT molecular complexity index is 572. The van der Waals surface area contributed by atoms with Crippen LogP contribution >= 0.6 is 0 Å². The number of aromatic nitrogens is 1. The van der Waals surface area contributed by atoms with Crippen LogP contribution < -0.4 is 10.1 Å². The van der Waals surface area contributed by atoms with Gasteiger partial charge < -0.3 is 19.9 Å². The first-order valence-electron chi connectivity index (χ1n) is 8.95. The van der Waals surface area contributed by atoms with E-state index >= 15 is 0 Å². The van der Waals surface area contributed by atoms with Gasteiger partial charge in [0.1, 0.15) is 0 Å². The number of anilines is 1. The van der Waals surface area contributed by atoms with Gasteiger partial charge in [0.15, 0.2) is 0 Å². The zero-order valence-electron chi connectivity index (χ0n) is 14.8. The van der Waals surface area contributed by atoms with Crippen molar-refractivity contribution in [3.8, 4) is 5.88 Å². The molecular formula is C18H28N4O2. The molecule has 132 valence electrons. The Morgan fingerprint density at radius 3 is 2.79 bits per heavy atom. The van der Waals surface area contributed by atoms with Gasteiger partial charge >= 0.3 is 6.03 Å². The molecule has 1 unspecified atom stereocenters. The number of rotatable bonds is 4. The number of hydrogen-bond acceptors (Lipinski definition) is 4. The first-order valence-corrected chi connectivity index (χ1v) is 8.95. The third-order valence-electron chi connectivity index (χ3n) is 5.05. The van der Waals surface area contributed by atoms with Gasteiger partial charge in [-0.05, 0) is 51.3 Å². The predicted molar refractivity (Wildman–Crippen MR) is 94.5 cm³/mol. The second-order valence-corrected chi connectivity index (χ2v) is 6.88. The number of pyridine rings is 1. The van der Waals surface area contributed by atoms with E-state index < -0.39 is 0 Å². The lowest BCUT2D eigenvalue weighted by Crippen LogP contribution is -2.37. The maximum Gasteiger partial charge on any atom is 0.321 e. The highest BCUT2D eigenvalue weighted by Crippen LogP contribution is 2.22. The van der Waals surface area contributed by atoms with Crippen LogP contribution in [0.2, 0.25) is 0 Å². The lowest BCUT2D eigenvalue weighted by atomic mass is 10.1. The largest absolute Gasteiger partial charge is 0.481 e. The number of likely N-dealkylation sites (tertiary alicyclic amines) is 2. The number of amides is 2. The first-order chi connectivity index (χ1) is 11.7. The highest BCUT2D eigenvalue weighted by molar-refractivity contribution is 5.90. The number of nitrogens with zero attached hydrogens (tertiary/aromatic N) is 3. The molecule has 1 N–H and O–H groups in total. The van der Waals surface area contributed by atoms with Crippen LogP contribution in [0.5, 0.6) is 5.88 Å². The van der Waals surface area contributed by atoms with Gasteiger partial charge in [0.25, 0.3) is 0 Å². The molecule has 6 heteroatoms. The van der Waals surface area contributed by atoms with Gasteiger partial charge in [-0.3, -0.25) is 0 Å². The fourth-order valence-electron chi connectivity index (χ4n) is 3.65. The Kier molecular flexibility index (Phi) is 5.56. The van der Waals surface area contributed by atoms with Crippen molar-refractivity contribution in [2.75, 3.05) is 45.2 Å². The van der Waals surface area contributed by atoms with E-state index in [0.717, 1.165) is 37.4 Å². The normalized spacial score (nSPS) is 21.8. The molecule has 2 amide bonds. The topological polar surface area (TPSA) is 57.7 Å². The summed E-state index contributed by atoms with van der Waals surface area (Å²) in [6.07, 6.45) is 5.11. The minimum Gasteiger partial charge on any atom is -0.481 e. The number of ether oxygens (including phenoxy) is 1. The van der Waals surface area contributed by atoms with Gasteiger partial charge in [-0.25, -0.2) is 9.78 Å². The molecule has 24 heavy (non-hydrogen) atoms. The maximum absolute atomic E-state index is 12.5. The molecule has 1 atom stereocenters. The van der Waals surface area contributed by atoms with Crippen molar-refractivity contribution in [3.05, 3.63) is 17.8 Å². The molecule has 2 fully saturated rings. The van der Waals surface area contributed by atoms with Crippen molar-refractivity contribution in [3.63, 3.8) is 0 Å². The van der Waals surface area contributed by atoms with E-state index in [4.69, 9.17) is 4.74 Å². The predicted octanol–water partition coefficient (Wildman–Crippen LogP) is 2.74. The number of methoxy groups -OCH3 is 1. The van der Waals surface area contributed by atoms with Crippen LogP contribution in [-0.2, 0) is 0 Å². The third-order valence-corrected chi connectivity index (χ3v) is 5.05. The van der Waals surface area contributed by atoms with Crippen LogP contribution in [0, 0.1) is 12.8 Å². The standard InChI is InChI=1S/C18H28N4O2/c1-14-16(6-7-17(19-14)24-2)20-18(23)22-11-8-15(13-22)12-21-9-4-3-5-10-21/h6-7,15H,3-5,8-13H2,1-2H3,(H,20,23). The third kappa shape index (κ3) is 4.17. The smallest absolute Gasteiger partial charge is 0.321 e. The second kappa shape index (κ2) is 7.83. The summed E-state index contributed by atoms with van der Waals surface area (Å²) in [6.45, 7) is 7.14. The fraction of sp³-hybridized carbons (Fsp3) is 0.667. The summed E-state index contributed by atoms with van der Waals surface area (Å²) >= 11 is 0. The van der Waals surface area contributed by atoms with Crippen molar-refractivity contribution in [1.29, 1.82) is 0 Å². The highest BCUT2D eigenvalue weighted by atomic mass is 16.5. The van der Waals surface area contributed by atoms with E-state index in [0.29, 0.717) is 11.8 Å². The number of carbonyl (C=O) groups is 1. The Morgan fingerprint density at radius 1 is 1.29 bits per heavy atom. The first kappa shape index (κ1) is 17.0. The highest BCUT2D eigenvalue weighted by Gasteiger charge is 2.28. The summed E-state index contributed by atoms with van der Waals surface area (Å²) in [5, 5.41) is 2.98. The number of piperidine rings is 1. The van der Waals surface area contributed by atoms with Crippen molar-refractivity contribution in [2.45, 2.75) is 32.6 Å². The number of carbonyl (C=O) groups excluding carboxylic acids is 1. The van der Waals surface area contributed by atoms with E-state index in [2.05, 4.69) is 15.2 Å². The lowest BCUT2D eigenvalue weighted by molar-refractivity contribution is 0.192. The Balaban J connectivity index is 1.51. The van der Waals surface area contributed by atoms with E-state index in [1.54, 1.807) is 13.2 Å². The van der Waals surface area contributed by atoms with E-state index in [-0.39, 0.29) is 6.03 Å². The molecule has 0 spiro atoms. The van der Waals surface area contributed by atoms with E-state index in [1.165, 1.54) is 32.4 Å². The summed E-state index contributed by atoms with van der Waals surface area (Å²) in [4.78, 5) is 21.3. The van der Waals surface area contributed by atoms with Gasteiger partial charge in [-0.2, -0.15) is 0 Å². The van der Waals surface area contributed by atoms with Crippen LogP contribution in [0.1, 0.15) is 31.4 Å². The van der Waals surface area contributed by atoms with Crippen LogP contribution in [0.25, 0.3) is 0 Å². The summed E-state index contributed by atoms with van der Waals surface area (Å²) in [7, 11) is 1.59. The Morgan fingerprint density at radius 2 is 2.08 bits per heavy atom. The zero-order valence-corrected chi connectivity index (χ0v) is 14.8. The molecule has 3 rings (SSSR count).